The first kappa shape index (κ1) is 19.9. The van der Waals surface area contributed by atoms with E-state index in [0.29, 0.717) is 5.56 Å². The lowest BCUT2D eigenvalue weighted by Crippen LogP contribution is -2.33. The Kier molecular flexibility index (Phi) is 4.93. The van der Waals surface area contributed by atoms with Gasteiger partial charge in [0, 0.05) is 19.5 Å². The van der Waals surface area contributed by atoms with Crippen molar-refractivity contribution in [3.63, 3.8) is 0 Å². The number of rotatable bonds is 5. The van der Waals surface area contributed by atoms with E-state index in [0.717, 1.165) is 22.0 Å². The molecule has 0 amide bonds. The van der Waals surface area contributed by atoms with E-state index in [1.807, 2.05) is 30.3 Å². The summed E-state index contributed by atoms with van der Waals surface area (Å²) in [6.45, 7) is 4.15. The summed E-state index contributed by atoms with van der Waals surface area (Å²) in [4.78, 5) is 24.8. The third-order valence-corrected chi connectivity index (χ3v) is 6.48. The average molecular weight is 403 g/mol. The summed E-state index contributed by atoms with van der Waals surface area (Å²) in [5.74, 6) is -2.27. The van der Waals surface area contributed by atoms with Crippen LogP contribution < -0.4 is 0 Å². The van der Waals surface area contributed by atoms with Crippen molar-refractivity contribution in [1.82, 2.24) is 4.31 Å². The van der Waals surface area contributed by atoms with Gasteiger partial charge in [-0.15, -0.1) is 0 Å². The molecule has 1 aliphatic rings. The molecule has 0 aromatic heterocycles. The van der Waals surface area contributed by atoms with E-state index >= 15 is 0 Å². The maximum atomic E-state index is 13.3. The van der Waals surface area contributed by atoms with Gasteiger partial charge in [-0.3, -0.25) is 9.59 Å². The summed E-state index contributed by atoms with van der Waals surface area (Å²) in [6.07, 6.45) is 0. The van der Waals surface area contributed by atoms with Crippen molar-refractivity contribution in [2.75, 3.05) is 12.8 Å². The second-order valence-electron chi connectivity index (χ2n) is 6.59. The minimum absolute atomic E-state index is 0.205. The number of hydrogen-bond acceptors (Lipinski definition) is 6. The average Bonchev–Trinajstić information content (AvgIpc) is 2.92. The zero-order valence-electron chi connectivity index (χ0n) is 16.1. The third-order valence-electron chi connectivity index (χ3n) is 4.75. The Bertz CT molecular complexity index is 1100. The quantitative estimate of drug-likeness (QED) is 0.713. The van der Waals surface area contributed by atoms with E-state index in [4.69, 9.17) is 9.47 Å². The predicted octanol–water partition coefficient (Wildman–Crippen LogP) is 2.67. The molecular formula is C20H21NO6S. The summed E-state index contributed by atoms with van der Waals surface area (Å²) in [5.41, 5.74) is -0.990. The fourth-order valence-electron chi connectivity index (χ4n) is 3.18. The molecule has 3 rings (SSSR count). The standard InChI is InChI=1S/C20H21NO6S/c1-5-28(24,25)21(4)19-17(26-13(2)22)18(23)20(3,27-19)16-12-8-10-14-9-6-7-11-15(14)16/h6-12H,5H2,1-4H3. The van der Waals surface area contributed by atoms with Gasteiger partial charge in [-0.25, -0.2) is 12.7 Å². The Balaban J connectivity index is 2.18. The van der Waals surface area contributed by atoms with E-state index in [9.17, 15) is 18.0 Å². The van der Waals surface area contributed by atoms with Crippen LogP contribution in [0.3, 0.4) is 0 Å². The highest BCUT2D eigenvalue weighted by atomic mass is 32.2. The van der Waals surface area contributed by atoms with E-state index in [1.54, 1.807) is 19.1 Å². The van der Waals surface area contributed by atoms with E-state index in [-0.39, 0.29) is 11.6 Å². The van der Waals surface area contributed by atoms with Gasteiger partial charge >= 0.3 is 5.97 Å². The maximum absolute atomic E-state index is 13.3. The number of sulfonamides is 1. The number of carbonyl (C=O) groups is 2. The Morgan fingerprint density at radius 3 is 2.46 bits per heavy atom. The van der Waals surface area contributed by atoms with Crippen LogP contribution >= 0.6 is 0 Å². The second kappa shape index (κ2) is 6.94. The first-order valence-electron chi connectivity index (χ1n) is 8.73. The Morgan fingerprint density at radius 1 is 1.18 bits per heavy atom. The molecule has 0 radical (unpaired) electrons. The Hall–Kier alpha value is -2.87. The van der Waals surface area contributed by atoms with Crippen LogP contribution in [0, 0.1) is 0 Å². The number of esters is 1. The zero-order valence-corrected chi connectivity index (χ0v) is 16.9. The van der Waals surface area contributed by atoms with E-state index in [2.05, 4.69) is 0 Å². The predicted molar refractivity (Wildman–Crippen MR) is 103 cm³/mol. The Morgan fingerprint density at radius 2 is 1.82 bits per heavy atom. The van der Waals surface area contributed by atoms with Crippen LogP contribution in [-0.2, 0) is 34.7 Å². The van der Waals surface area contributed by atoms with Gasteiger partial charge < -0.3 is 9.47 Å². The number of Topliss-reactive ketones (excluding diaryl/α,β-unsaturated/α-hetero) is 1. The number of carbonyl (C=O) groups excluding carboxylic acids is 2. The fraction of sp³-hybridized carbons (Fsp3) is 0.300. The molecule has 1 heterocycles. The topological polar surface area (TPSA) is 90.0 Å². The molecule has 0 bridgehead atoms. The maximum Gasteiger partial charge on any atom is 0.308 e. The van der Waals surface area contributed by atoms with Crippen LogP contribution in [-0.4, -0.2) is 37.3 Å². The second-order valence-corrected chi connectivity index (χ2v) is 8.88. The number of fused-ring (bicyclic) bond motifs is 1. The lowest BCUT2D eigenvalue weighted by Gasteiger charge is -2.27. The van der Waals surface area contributed by atoms with Gasteiger partial charge in [0.05, 0.1) is 5.75 Å². The molecule has 1 atom stereocenters. The van der Waals surface area contributed by atoms with Crippen LogP contribution in [0.4, 0.5) is 0 Å². The van der Waals surface area contributed by atoms with Crippen molar-refractivity contribution < 1.29 is 27.5 Å². The molecule has 0 saturated carbocycles. The van der Waals surface area contributed by atoms with E-state index in [1.165, 1.54) is 14.0 Å². The number of hydrogen-bond donors (Lipinski definition) is 0. The number of benzene rings is 2. The van der Waals surface area contributed by atoms with Crippen LogP contribution in [0.25, 0.3) is 10.8 Å². The van der Waals surface area contributed by atoms with E-state index < -0.39 is 33.1 Å². The van der Waals surface area contributed by atoms with Gasteiger partial charge in [0.2, 0.25) is 15.8 Å². The van der Waals surface area contributed by atoms with Gasteiger partial charge in [0.15, 0.2) is 5.60 Å². The monoisotopic (exact) mass is 403 g/mol. The van der Waals surface area contributed by atoms with Crippen molar-refractivity contribution in [1.29, 1.82) is 0 Å². The molecule has 1 unspecified atom stereocenters. The molecule has 1 aliphatic heterocycles. The fourth-order valence-corrected chi connectivity index (χ4v) is 3.94. The minimum Gasteiger partial charge on any atom is -0.456 e. The van der Waals surface area contributed by atoms with Crippen molar-refractivity contribution >= 4 is 32.5 Å². The number of ketones is 1. The zero-order chi connectivity index (χ0) is 20.7. The first-order chi connectivity index (χ1) is 13.1. The van der Waals surface area contributed by atoms with Crippen LogP contribution in [0.15, 0.2) is 54.1 Å². The summed E-state index contributed by atoms with van der Waals surface area (Å²) in [6, 6.07) is 12.9. The smallest absolute Gasteiger partial charge is 0.308 e. The minimum atomic E-state index is -3.74. The van der Waals surface area contributed by atoms with Crippen LogP contribution in [0.5, 0.6) is 0 Å². The van der Waals surface area contributed by atoms with Gasteiger partial charge in [-0.2, -0.15) is 0 Å². The van der Waals surface area contributed by atoms with Gasteiger partial charge in [-0.1, -0.05) is 42.5 Å². The molecule has 0 N–H and O–H groups in total. The summed E-state index contributed by atoms with van der Waals surface area (Å²) in [5, 5.41) is 1.68. The SMILES string of the molecule is CCS(=O)(=O)N(C)C1=C(OC(C)=O)C(=O)C(C)(c2cccc3ccccc23)O1. The summed E-state index contributed by atoms with van der Waals surface area (Å²) < 4.78 is 36.5. The first-order valence-corrected chi connectivity index (χ1v) is 10.3. The van der Waals surface area contributed by atoms with Crippen LogP contribution in [0.1, 0.15) is 26.3 Å². The largest absolute Gasteiger partial charge is 0.456 e. The van der Waals surface area contributed by atoms with Crippen molar-refractivity contribution in [2.24, 2.45) is 0 Å². The van der Waals surface area contributed by atoms with Gasteiger partial charge in [0.25, 0.3) is 11.7 Å². The third kappa shape index (κ3) is 3.13. The highest BCUT2D eigenvalue weighted by Crippen LogP contribution is 2.43. The Labute approximate surface area is 163 Å². The lowest BCUT2D eigenvalue weighted by atomic mass is 9.87. The molecule has 148 valence electrons. The molecule has 28 heavy (non-hydrogen) atoms. The highest BCUT2D eigenvalue weighted by Gasteiger charge is 2.52. The molecule has 0 saturated heterocycles. The number of ether oxygens (including phenoxy) is 2. The van der Waals surface area contributed by atoms with Crippen molar-refractivity contribution in [3.05, 3.63) is 59.7 Å². The van der Waals surface area contributed by atoms with Gasteiger partial charge in [0.1, 0.15) is 0 Å². The van der Waals surface area contributed by atoms with Crippen molar-refractivity contribution in [2.45, 2.75) is 26.4 Å². The van der Waals surface area contributed by atoms with Crippen molar-refractivity contribution in [3.8, 4) is 0 Å². The molecular weight excluding hydrogens is 382 g/mol. The number of nitrogens with zero attached hydrogens (tertiary/aromatic N) is 1. The molecule has 7 nitrogen and oxygen atoms in total. The molecule has 0 aliphatic carbocycles. The molecule has 8 heteroatoms. The normalized spacial score (nSPS) is 19.6. The summed E-state index contributed by atoms with van der Waals surface area (Å²) in [7, 11) is -2.48. The lowest BCUT2D eigenvalue weighted by molar-refractivity contribution is -0.142. The summed E-state index contributed by atoms with van der Waals surface area (Å²) >= 11 is 0. The molecule has 0 fully saturated rings. The molecule has 0 spiro atoms. The molecule has 2 aromatic carbocycles. The van der Waals surface area contributed by atoms with Gasteiger partial charge in [-0.05, 0) is 24.6 Å². The molecule has 2 aromatic rings. The van der Waals surface area contributed by atoms with Crippen LogP contribution in [0.2, 0.25) is 0 Å². The highest BCUT2D eigenvalue weighted by molar-refractivity contribution is 7.89.